The molecule has 3 fully saturated rings. The zero-order valence-corrected chi connectivity index (χ0v) is 11.1. The molecule has 0 amide bonds. The second-order valence-electron chi connectivity index (χ2n) is 5.35. The van der Waals surface area contributed by atoms with Crippen LogP contribution in [-0.2, 0) is 0 Å². The lowest BCUT2D eigenvalue weighted by atomic mass is 9.98. The first kappa shape index (κ1) is 12.2. The van der Waals surface area contributed by atoms with Crippen molar-refractivity contribution in [3.05, 3.63) is 24.2 Å². The molecule has 4 heteroatoms. The fourth-order valence-electron chi connectivity index (χ4n) is 3.17. The van der Waals surface area contributed by atoms with Gasteiger partial charge in [0.15, 0.2) is 0 Å². The summed E-state index contributed by atoms with van der Waals surface area (Å²) in [6.45, 7) is 9.30. The Hall–Kier alpha value is -0.840. The third-order valence-corrected chi connectivity index (χ3v) is 4.17. The minimum absolute atomic E-state index is 0.336. The summed E-state index contributed by atoms with van der Waals surface area (Å²) in [5.41, 5.74) is 0. The van der Waals surface area contributed by atoms with E-state index < -0.39 is 0 Å². The average molecular weight is 249 g/mol. The number of furan rings is 1. The summed E-state index contributed by atoms with van der Waals surface area (Å²) in [5.74, 6) is 1.09. The molecule has 4 heterocycles. The smallest absolute Gasteiger partial charge is 0.122 e. The maximum Gasteiger partial charge on any atom is 0.122 e. The highest BCUT2D eigenvalue weighted by Gasteiger charge is 2.38. The van der Waals surface area contributed by atoms with E-state index in [9.17, 15) is 0 Å². The van der Waals surface area contributed by atoms with Crippen LogP contribution in [0.5, 0.6) is 0 Å². The minimum Gasteiger partial charge on any atom is -0.468 e. The van der Waals surface area contributed by atoms with Crippen molar-refractivity contribution in [1.82, 2.24) is 15.1 Å². The zero-order valence-electron chi connectivity index (χ0n) is 11.1. The molecule has 0 aliphatic carbocycles. The highest BCUT2D eigenvalue weighted by molar-refractivity contribution is 5.10. The summed E-state index contributed by atoms with van der Waals surface area (Å²) >= 11 is 0. The van der Waals surface area contributed by atoms with Crippen molar-refractivity contribution in [2.24, 2.45) is 0 Å². The lowest BCUT2D eigenvalue weighted by Crippen LogP contribution is -2.63. The zero-order chi connectivity index (χ0) is 12.4. The normalized spacial score (nSPS) is 32.6. The van der Waals surface area contributed by atoms with E-state index in [0.717, 1.165) is 18.7 Å². The minimum atomic E-state index is 0.336. The molecule has 0 spiro atoms. The van der Waals surface area contributed by atoms with Gasteiger partial charge >= 0.3 is 0 Å². The van der Waals surface area contributed by atoms with E-state index in [2.05, 4.69) is 28.1 Å². The number of piperazine rings is 3. The number of nitrogens with zero attached hydrogens (tertiary/aromatic N) is 2. The molecule has 2 unspecified atom stereocenters. The Balaban J connectivity index is 1.76. The van der Waals surface area contributed by atoms with Crippen molar-refractivity contribution in [2.75, 3.05) is 39.3 Å². The SMILES string of the molecule is CCCNC(c1ccco1)C1CN2CCN1CC2. The Labute approximate surface area is 109 Å². The van der Waals surface area contributed by atoms with Crippen LogP contribution >= 0.6 is 0 Å². The molecule has 0 radical (unpaired) electrons. The van der Waals surface area contributed by atoms with Crippen LogP contribution in [0.4, 0.5) is 0 Å². The van der Waals surface area contributed by atoms with Crippen LogP contribution in [0.2, 0.25) is 0 Å². The van der Waals surface area contributed by atoms with Crippen molar-refractivity contribution in [3.8, 4) is 0 Å². The second kappa shape index (κ2) is 5.43. The molecule has 0 aromatic carbocycles. The molecule has 4 nitrogen and oxygen atoms in total. The molecular weight excluding hydrogens is 226 g/mol. The molecule has 3 saturated heterocycles. The van der Waals surface area contributed by atoms with Crippen LogP contribution in [0.3, 0.4) is 0 Å². The monoisotopic (exact) mass is 249 g/mol. The topological polar surface area (TPSA) is 31.7 Å². The fourth-order valence-corrected chi connectivity index (χ4v) is 3.17. The van der Waals surface area contributed by atoms with Gasteiger partial charge in [-0.15, -0.1) is 0 Å². The molecule has 2 bridgehead atoms. The maximum atomic E-state index is 5.65. The van der Waals surface area contributed by atoms with Crippen molar-refractivity contribution in [1.29, 1.82) is 0 Å². The third-order valence-electron chi connectivity index (χ3n) is 4.17. The second-order valence-corrected chi connectivity index (χ2v) is 5.35. The molecule has 100 valence electrons. The van der Waals surface area contributed by atoms with E-state index in [1.54, 1.807) is 6.26 Å². The lowest BCUT2D eigenvalue weighted by Gasteiger charge is -2.49. The van der Waals surface area contributed by atoms with Gasteiger partial charge in [-0.2, -0.15) is 0 Å². The third kappa shape index (κ3) is 2.32. The first-order valence-electron chi connectivity index (χ1n) is 7.11. The summed E-state index contributed by atoms with van der Waals surface area (Å²) in [6.07, 6.45) is 2.94. The van der Waals surface area contributed by atoms with Crippen molar-refractivity contribution < 1.29 is 4.42 Å². The van der Waals surface area contributed by atoms with Gasteiger partial charge in [-0.3, -0.25) is 9.80 Å². The lowest BCUT2D eigenvalue weighted by molar-refractivity contribution is -0.00684. The Morgan fingerprint density at radius 1 is 1.39 bits per heavy atom. The summed E-state index contributed by atoms with van der Waals surface area (Å²) in [6, 6.07) is 4.99. The van der Waals surface area contributed by atoms with Crippen LogP contribution in [0.1, 0.15) is 25.1 Å². The number of rotatable bonds is 5. The van der Waals surface area contributed by atoms with E-state index in [-0.39, 0.29) is 0 Å². The molecular formula is C14H23N3O. The van der Waals surface area contributed by atoms with E-state index in [1.807, 2.05) is 6.07 Å². The highest BCUT2D eigenvalue weighted by Crippen LogP contribution is 2.27. The number of hydrogen-bond acceptors (Lipinski definition) is 4. The predicted octanol–water partition coefficient (Wildman–Crippen LogP) is 1.32. The molecule has 2 atom stereocenters. The van der Waals surface area contributed by atoms with Gasteiger partial charge in [0.2, 0.25) is 0 Å². The highest BCUT2D eigenvalue weighted by atomic mass is 16.3. The van der Waals surface area contributed by atoms with Crippen LogP contribution in [-0.4, -0.2) is 55.1 Å². The first-order chi connectivity index (χ1) is 8.88. The summed E-state index contributed by atoms with van der Waals surface area (Å²) in [4.78, 5) is 5.20. The Morgan fingerprint density at radius 3 is 2.78 bits per heavy atom. The maximum absolute atomic E-state index is 5.65. The van der Waals surface area contributed by atoms with E-state index >= 15 is 0 Å². The van der Waals surface area contributed by atoms with Crippen LogP contribution in [0.25, 0.3) is 0 Å². The van der Waals surface area contributed by atoms with Gasteiger partial charge in [0.05, 0.1) is 12.3 Å². The first-order valence-corrected chi connectivity index (χ1v) is 7.11. The molecule has 3 aliphatic heterocycles. The van der Waals surface area contributed by atoms with Crippen LogP contribution in [0, 0.1) is 0 Å². The molecule has 4 rings (SSSR count). The van der Waals surface area contributed by atoms with Crippen molar-refractivity contribution >= 4 is 0 Å². The van der Waals surface area contributed by atoms with E-state index in [1.165, 1.54) is 32.7 Å². The van der Waals surface area contributed by atoms with Gasteiger partial charge in [-0.05, 0) is 25.1 Å². The molecule has 3 aliphatic rings. The van der Waals surface area contributed by atoms with Crippen LogP contribution in [0.15, 0.2) is 22.8 Å². The van der Waals surface area contributed by atoms with E-state index in [4.69, 9.17) is 4.42 Å². The quantitative estimate of drug-likeness (QED) is 0.853. The fraction of sp³-hybridized carbons (Fsp3) is 0.714. The standard InChI is InChI=1S/C14H23N3O/c1-2-5-15-14(13-4-3-10-18-13)12-11-16-6-8-17(12)9-7-16/h3-4,10,12,14-15H,2,5-9,11H2,1H3. The van der Waals surface area contributed by atoms with Gasteiger partial charge in [0.1, 0.15) is 5.76 Å². The number of hydrogen-bond donors (Lipinski definition) is 1. The van der Waals surface area contributed by atoms with E-state index in [0.29, 0.717) is 12.1 Å². The Morgan fingerprint density at radius 2 is 2.22 bits per heavy atom. The van der Waals surface area contributed by atoms with Gasteiger partial charge in [-0.1, -0.05) is 6.92 Å². The van der Waals surface area contributed by atoms with Crippen molar-refractivity contribution in [2.45, 2.75) is 25.4 Å². The van der Waals surface area contributed by atoms with Gasteiger partial charge in [-0.25, -0.2) is 0 Å². The molecule has 0 saturated carbocycles. The van der Waals surface area contributed by atoms with Crippen LogP contribution < -0.4 is 5.32 Å². The molecule has 1 aromatic heterocycles. The van der Waals surface area contributed by atoms with Gasteiger partial charge < -0.3 is 9.73 Å². The molecule has 1 N–H and O–H groups in total. The largest absolute Gasteiger partial charge is 0.468 e. The Bertz CT molecular complexity index is 357. The summed E-state index contributed by atoms with van der Waals surface area (Å²) in [7, 11) is 0. The average Bonchev–Trinajstić information content (AvgIpc) is 2.95. The molecule has 18 heavy (non-hydrogen) atoms. The summed E-state index contributed by atoms with van der Waals surface area (Å²) in [5, 5.41) is 3.66. The van der Waals surface area contributed by atoms with Gasteiger partial charge in [0.25, 0.3) is 0 Å². The van der Waals surface area contributed by atoms with Crippen molar-refractivity contribution in [3.63, 3.8) is 0 Å². The summed E-state index contributed by atoms with van der Waals surface area (Å²) < 4.78 is 5.65. The molecule has 1 aromatic rings. The van der Waals surface area contributed by atoms with Gasteiger partial charge in [0, 0.05) is 38.8 Å². The number of nitrogens with one attached hydrogen (secondary N) is 1. The Kier molecular flexibility index (Phi) is 3.68. The predicted molar refractivity (Wildman–Crippen MR) is 71.5 cm³/mol. The number of fused-ring (bicyclic) bond motifs is 3.